The molecular weight excluding hydrogens is 655 g/mol. The van der Waals surface area contributed by atoms with Gasteiger partial charge >= 0.3 is 6.18 Å². The van der Waals surface area contributed by atoms with Crippen molar-refractivity contribution in [3.05, 3.63) is 68.6 Å². The molecule has 5 rings (SSSR count). The summed E-state index contributed by atoms with van der Waals surface area (Å²) in [5, 5.41) is 12.7. The molecule has 1 aliphatic rings. The zero-order valence-electron chi connectivity index (χ0n) is 26.8. The normalized spacial score (nSPS) is 15.1. The van der Waals surface area contributed by atoms with E-state index in [2.05, 4.69) is 25.3 Å². The van der Waals surface area contributed by atoms with Gasteiger partial charge in [-0.05, 0) is 38.5 Å². The van der Waals surface area contributed by atoms with Crippen LogP contribution in [-0.4, -0.2) is 86.1 Å². The molecular formula is C31H33ClF3N9O4. The van der Waals surface area contributed by atoms with Crippen molar-refractivity contribution in [2.75, 3.05) is 48.8 Å². The number of aromatic nitrogens is 5. The van der Waals surface area contributed by atoms with Gasteiger partial charge in [0.05, 0.1) is 28.2 Å². The number of aryl methyl sites for hydroxylation is 1. The molecule has 4 aromatic rings. The second-order valence-corrected chi connectivity index (χ2v) is 12.0. The van der Waals surface area contributed by atoms with Crippen LogP contribution in [0, 0.1) is 6.92 Å². The summed E-state index contributed by atoms with van der Waals surface area (Å²) in [6, 6.07) is 2.21. The van der Waals surface area contributed by atoms with Gasteiger partial charge in [0.15, 0.2) is 22.6 Å². The molecule has 2 amide bonds. The van der Waals surface area contributed by atoms with Crippen LogP contribution in [0.5, 0.6) is 5.75 Å². The number of pyridine rings is 1. The van der Waals surface area contributed by atoms with Gasteiger partial charge in [-0.25, -0.2) is 19.9 Å². The van der Waals surface area contributed by atoms with E-state index in [4.69, 9.17) is 11.6 Å². The predicted molar refractivity (Wildman–Crippen MR) is 174 cm³/mol. The molecule has 0 bridgehead atoms. The van der Waals surface area contributed by atoms with Crippen molar-refractivity contribution in [3.8, 4) is 5.75 Å². The minimum atomic E-state index is -4.61. The molecule has 13 nitrogen and oxygen atoms in total. The maximum absolute atomic E-state index is 14.2. The Balaban J connectivity index is 1.52. The SMILES string of the molecule is CCc1c(N2CCN(C(=O)c3ncnc(C)c3O)[C@@H](C)C2)c(=O)c2nc(N(C)C)cnc2n1CC(=O)Nc1ccc(C(F)(F)F)cc1Cl. The quantitative estimate of drug-likeness (QED) is 0.293. The monoisotopic (exact) mass is 687 g/mol. The first-order valence-electron chi connectivity index (χ1n) is 14.9. The van der Waals surface area contributed by atoms with Crippen LogP contribution >= 0.6 is 11.6 Å². The van der Waals surface area contributed by atoms with E-state index in [-0.39, 0.29) is 70.9 Å². The molecule has 0 aliphatic carbocycles. The van der Waals surface area contributed by atoms with Crippen molar-refractivity contribution in [3.63, 3.8) is 0 Å². The van der Waals surface area contributed by atoms with Gasteiger partial charge in [-0.3, -0.25) is 14.4 Å². The summed E-state index contributed by atoms with van der Waals surface area (Å²) >= 11 is 6.09. The largest absolute Gasteiger partial charge is 0.504 e. The first-order chi connectivity index (χ1) is 22.6. The minimum absolute atomic E-state index is 0.0150. The molecule has 1 aromatic carbocycles. The fourth-order valence-corrected chi connectivity index (χ4v) is 5.87. The molecule has 254 valence electrons. The number of rotatable bonds is 7. The third-order valence-corrected chi connectivity index (χ3v) is 8.42. The van der Waals surface area contributed by atoms with Gasteiger partial charge in [-0.15, -0.1) is 0 Å². The highest BCUT2D eigenvalue weighted by molar-refractivity contribution is 6.33. The Hall–Kier alpha value is -4.99. The van der Waals surface area contributed by atoms with Crippen LogP contribution in [-0.2, 0) is 23.9 Å². The fraction of sp³-hybridized carbons (Fsp3) is 0.387. The third-order valence-electron chi connectivity index (χ3n) is 8.10. The molecule has 0 radical (unpaired) electrons. The molecule has 48 heavy (non-hydrogen) atoms. The van der Waals surface area contributed by atoms with Crippen LogP contribution in [0.15, 0.2) is 35.5 Å². The summed E-state index contributed by atoms with van der Waals surface area (Å²) in [4.78, 5) is 63.0. The number of aromatic hydroxyl groups is 1. The van der Waals surface area contributed by atoms with Gasteiger partial charge in [-0.1, -0.05) is 18.5 Å². The molecule has 1 atom stereocenters. The second kappa shape index (κ2) is 13.3. The highest BCUT2D eigenvalue weighted by atomic mass is 35.5. The third kappa shape index (κ3) is 6.56. The van der Waals surface area contributed by atoms with Crippen LogP contribution in [0.1, 0.15) is 41.3 Å². The van der Waals surface area contributed by atoms with E-state index in [0.29, 0.717) is 17.9 Å². The zero-order valence-corrected chi connectivity index (χ0v) is 27.5. The maximum Gasteiger partial charge on any atom is 0.416 e. The number of halogens is 4. The van der Waals surface area contributed by atoms with E-state index >= 15 is 0 Å². The van der Waals surface area contributed by atoms with E-state index in [9.17, 15) is 32.7 Å². The van der Waals surface area contributed by atoms with Gasteiger partial charge in [0.1, 0.15) is 24.4 Å². The molecule has 2 N–H and O–H groups in total. The number of alkyl halides is 3. The van der Waals surface area contributed by atoms with Crippen LogP contribution in [0.3, 0.4) is 0 Å². The topological polar surface area (TPSA) is 150 Å². The molecule has 0 saturated carbocycles. The van der Waals surface area contributed by atoms with Crippen molar-refractivity contribution < 1.29 is 27.9 Å². The number of hydrogen-bond acceptors (Lipinski definition) is 10. The summed E-state index contributed by atoms with van der Waals surface area (Å²) in [7, 11) is 3.48. The average molecular weight is 688 g/mol. The Kier molecular flexibility index (Phi) is 9.48. The lowest BCUT2D eigenvalue weighted by Gasteiger charge is -2.41. The number of carbonyl (C=O) groups excluding carboxylic acids is 2. The van der Waals surface area contributed by atoms with Crippen molar-refractivity contribution in [1.82, 2.24) is 29.4 Å². The molecule has 17 heteroatoms. The number of anilines is 3. The predicted octanol–water partition coefficient (Wildman–Crippen LogP) is 3.89. The van der Waals surface area contributed by atoms with E-state index in [1.165, 1.54) is 12.5 Å². The number of nitrogens with one attached hydrogen (secondary N) is 1. The van der Waals surface area contributed by atoms with Crippen LogP contribution in [0.4, 0.5) is 30.4 Å². The maximum atomic E-state index is 14.2. The number of hydrogen-bond donors (Lipinski definition) is 2. The zero-order chi connectivity index (χ0) is 35.1. The number of carbonyl (C=O) groups is 2. The number of amides is 2. The molecule has 4 heterocycles. The average Bonchev–Trinajstić information content (AvgIpc) is 3.03. The van der Waals surface area contributed by atoms with Gasteiger partial charge < -0.3 is 29.7 Å². The van der Waals surface area contributed by atoms with Crippen LogP contribution < -0.4 is 20.5 Å². The molecule has 3 aromatic heterocycles. The van der Waals surface area contributed by atoms with Gasteiger partial charge in [0, 0.05) is 45.5 Å². The number of nitrogens with zero attached hydrogens (tertiary/aromatic N) is 8. The van der Waals surface area contributed by atoms with Crippen molar-refractivity contribution in [2.24, 2.45) is 0 Å². The summed E-state index contributed by atoms with van der Waals surface area (Å²) < 4.78 is 41.0. The van der Waals surface area contributed by atoms with Crippen molar-refractivity contribution >= 4 is 51.8 Å². The molecule has 1 aliphatic heterocycles. The van der Waals surface area contributed by atoms with E-state index in [1.54, 1.807) is 35.4 Å². The summed E-state index contributed by atoms with van der Waals surface area (Å²) in [5.41, 5.74) is -0.295. The Morgan fingerprint density at radius 3 is 2.52 bits per heavy atom. The summed E-state index contributed by atoms with van der Waals surface area (Å²) in [5.74, 6) is -0.985. The Morgan fingerprint density at radius 2 is 1.90 bits per heavy atom. The first kappa shape index (κ1) is 34.3. The highest BCUT2D eigenvalue weighted by Crippen LogP contribution is 2.34. The standard InChI is InChI=1S/C31H33ClF3N9O4/c1-6-21-26(42-9-10-43(16(2)13-42)30(48)25-27(46)17(3)37-15-38-25)28(47)24-29(36-12-22(40-24)41(4)5)44(21)14-23(45)39-20-8-7-18(11-19(20)32)31(33,34)35/h7-8,11-12,15-16,46H,6,9-10,13-14H2,1-5H3,(H,39,45)/t16-/m0/s1. The molecule has 1 fully saturated rings. The highest BCUT2D eigenvalue weighted by Gasteiger charge is 2.34. The molecule has 0 spiro atoms. The summed E-state index contributed by atoms with van der Waals surface area (Å²) in [6.45, 7) is 5.50. The lowest BCUT2D eigenvalue weighted by Crippen LogP contribution is -2.55. The van der Waals surface area contributed by atoms with Crippen LogP contribution in [0.25, 0.3) is 11.2 Å². The molecule has 1 saturated heterocycles. The smallest absolute Gasteiger partial charge is 0.416 e. The minimum Gasteiger partial charge on any atom is -0.504 e. The Morgan fingerprint density at radius 1 is 1.17 bits per heavy atom. The number of benzene rings is 1. The van der Waals surface area contributed by atoms with Crippen LogP contribution in [0.2, 0.25) is 5.02 Å². The van der Waals surface area contributed by atoms with Gasteiger partial charge in [0.25, 0.3) is 5.91 Å². The van der Waals surface area contributed by atoms with E-state index in [1.807, 2.05) is 18.7 Å². The fourth-order valence-electron chi connectivity index (χ4n) is 5.64. The Bertz CT molecular complexity index is 1970. The summed E-state index contributed by atoms with van der Waals surface area (Å²) in [6.07, 6.45) is -1.63. The lowest BCUT2D eigenvalue weighted by atomic mass is 10.1. The first-order valence-corrected chi connectivity index (χ1v) is 15.3. The van der Waals surface area contributed by atoms with E-state index < -0.39 is 35.0 Å². The molecule has 0 unspecified atom stereocenters. The Labute approximate surface area is 278 Å². The number of piperazine rings is 1. The van der Waals surface area contributed by atoms with E-state index in [0.717, 1.165) is 18.2 Å². The van der Waals surface area contributed by atoms with Gasteiger partial charge in [-0.2, -0.15) is 13.2 Å². The second-order valence-electron chi connectivity index (χ2n) is 11.5. The van der Waals surface area contributed by atoms with Gasteiger partial charge in [0.2, 0.25) is 11.3 Å². The number of fused-ring (bicyclic) bond motifs is 1. The van der Waals surface area contributed by atoms with Crippen molar-refractivity contribution in [1.29, 1.82) is 0 Å². The van der Waals surface area contributed by atoms with Crippen molar-refractivity contribution in [2.45, 2.75) is 46.0 Å². The lowest BCUT2D eigenvalue weighted by molar-refractivity contribution is -0.137.